The second kappa shape index (κ2) is 4.74. The molecule has 2 heteroatoms. The zero-order valence-corrected chi connectivity index (χ0v) is 8.13. The standard InChI is InChI=1S/C11H15NO/c1-4-8-12-9(3)11-7-6-10(5-2)13-11/h1,6-7,9,12H,5,8H2,2-3H3. The summed E-state index contributed by atoms with van der Waals surface area (Å²) < 4.78 is 5.56. The van der Waals surface area contributed by atoms with Gasteiger partial charge < -0.3 is 4.42 Å². The maximum absolute atomic E-state index is 5.56. The summed E-state index contributed by atoms with van der Waals surface area (Å²) in [5.41, 5.74) is 0. The molecule has 1 rings (SSSR count). The zero-order valence-electron chi connectivity index (χ0n) is 8.13. The first-order valence-corrected chi connectivity index (χ1v) is 4.53. The van der Waals surface area contributed by atoms with Gasteiger partial charge in [-0.1, -0.05) is 12.8 Å². The fraction of sp³-hybridized carbons (Fsp3) is 0.455. The van der Waals surface area contributed by atoms with Gasteiger partial charge in [0.25, 0.3) is 0 Å². The molecular formula is C11H15NO. The number of aryl methyl sites for hydroxylation is 1. The molecule has 0 radical (unpaired) electrons. The van der Waals surface area contributed by atoms with Gasteiger partial charge in [-0.3, -0.25) is 5.32 Å². The van der Waals surface area contributed by atoms with Crippen molar-refractivity contribution in [3.05, 3.63) is 23.7 Å². The third-order valence-electron chi connectivity index (χ3n) is 1.97. The van der Waals surface area contributed by atoms with Crippen molar-refractivity contribution in [2.75, 3.05) is 6.54 Å². The number of terminal acetylenes is 1. The molecule has 0 aliphatic carbocycles. The van der Waals surface area contributed by atoms with E-state index in [-0.39, 0.29) is 6.04 Å². The van der Waals surface area contributed by atoms with E-state index in [9.17, 15) is 0 Å². The Morgan fingerprint density at radius 1 is 1.62 bits per heavy atom. The van der Waals surface area contributed by atoms with Crippen LogP contribution in [0, 0.1) is 12.3 Å². The van der Waals surface area contributed by atoms with Crippen LogP contribution in [0.1, 0.15) is 31.4 Å². The van der Waals surface area contributed by atoms with Crippen LogP contribution >= 0.6 is 0 Å². The van der Waals surface area contributed by atoms with Crippen LogP contribution in [0.4, 0.5) is 0 Å². The van der Waals surface area contributed by atoms with E-state index in [4.69, 9.17) is 10.8 Å². The predicted octanol–water partition coefficient (Wildman–Crippen LogP) is 2.13. The van der Waals surface area contributed by atoms with Crippen molar-refractivity contribution >= 4 is 0 Å². The van der Waals surface area contributed by atoms with Crippen molar-refractivity contribution in [3.63, 3.8) is 0 Å². The number of rotatable bonds is 4. The molecule has 1 heterocycles. The number of nitrogens with one attached hydrogen (secondary N) is 1. The molecule has 1 N–H and O–H groups in total. The van der Waals surface area contributed by atoms with Gasteiger partial charge in [-0.15, -0.1) is 6.42 Å². The fourth-order valence-electron chi connectivity index (χ4n) is 1.13. The highest BCUT2D eigenvalue weighted by molar-refractivity contribution is 5.10. The Labute approximate surface area is 79.3 Å². The molecular weight excluding hydrogens is 162 g/mol. The maximum Gasteiger partial charge on any atom is 0.120 e. The van der Waals surface area contributed by atoms with Gasteiger partial charge in [0.05, 0.1) is 12.6 Å². The summed E-state index contributed by atoms with van der Waals surface area (Å²) >= 11 is 0. The predicted molar refractivity (Wildman–Crippen MR) is 53.3 cm³/mol. The van der Waals surface area contributed by atoms with E-state index < -0.39 is 0 Å². The van der Waals surface area contributed by atoms with Crippen molar-refractivity contribution in [1.82, 2.24) is 5.32 Å². The molecule has 1 aromatic heterocycles. The van der Waals surface area contributed by atoms with Crippen LogP contribution in [-0.4, -0.2) is 6.54 Å². The summed E-state index contributed by atoms with van der Waals surface area (Å²) in [5.74, 6) is 4.51. The lowest BCUT2D eigenvalue weighted by Gasteiger charge is -2.07. The van der Waals surface area contributed by atoms with E-state index in [2.05, 4.69) is 18.2 Å². The normalized spacial score (nSPS) is 12.4. The molecule has 0 amide bonds. The van der Waals surface area contributed by atoms with Gasteiger partial charge in [0.15, 0.2) is 0 Å². The van der Waals surface area contributed by atoms with E-state index in [0.29, 0.717) is 6.54 Å². The number of hydrogen-bond acceptors (Lipinski definition) is 2. The third-order valence-corrected chi connectivity index (χ3v) is 1.97. The Morgan fingerprint density at radius 3 is 2.92 bits per heavy atom. The lowest BCUT2D eigenvalue weighted by Crippen LogP contribution is -2.17. The molecule has 0 saturated heterocycles. The van der Waals surface area contributed by atoms with E-state index in [1.54, 1.807) is 0 Å². The van der Waals surface area contributed by atoms with Crippen molar-refractivity contribution in [3.8, 4) is 12.3 Å². The van der Waals surface area contributed by atoms with E-state index in [0.717, 1.165) is 17.9 Å². The second-order valence-corrected chi connectivity index (χ2v) is 2.96. The SMILES string of the molecule is C#CCNC(C)c1ccc(CC)o1. The summed E-state index contributed by atoms with van der Waals surface area (Å²) in [6, 6.07) is 4.19. The summed E-state index contributed by atoms with van der Waals surface area (Å²) in [6.45, 7) is 4.68. The molecule has 1 aromatic rings. The topological polar surface area (TPSA) is 25.2 Å². The minimum absolute atomic E-state index is 0.191. The molecule has 2 nitrogen and oxygen atoms in total. The molecule has 70 valence electrons. The summed E-state index contributed by atoms with van der Waals surface area (Å²) in [5, 5.41) is 3.16. The lowest BCUT2D eigenvalue weighted by atomic mass is 10.2. The molecule has 0 aliphatic rings. The van der Waals surface area contributed by atoms with E-state index in [1.165, 1.54) is 0 Å². The quantitative estimate of drug-likeness (QED) is 0.713. The molecule has 0 spiro atoms. The van der Waals surface area contributed by atoms with Gasteiger partial charge in [0.2, 0.25) is 0 Å². The Balaban J connectivity index is 2.56. The van der Waals surface area contributed by atoms with Gasteiger partial charge in [0.1, 0.15) is 11.5 Å². The lowest BCUT2D eigenvalue weighted by molar-refractivity contribution is 0.418. The van der Waals surface area contributed by atoms with Crippen LogP contribution in [0.15, 0.2) is 16.5 Å². The average molecular weight is 177 g/mol. The van der Waals surface area contributed by atoms with Crippen molar-refractivity contribution < 1.29 is 4.42 Å². The summed E-state index contributed by atoms with van der Waals surface area (Å²) in [6.07, 6.45) is 6.08. The highest BCUT2D eigenvalue weighted by atomic mass is 16.3. The van der Waals surface area contributed by atoms with Gasteiger partial charge in [-0.25, -0.2) is 0 Å². The molecule has 0 aliphatic heterocycles. The van der Waals surface area contributed by atoms with Gasteiger partial charge in [-0.05, 0) is 19.1 Å². The molecule has 1 atom stereocenters. The molecule has 0 bridgehead atoms. The number of hydrogen-bond donors (Lipinski definition) is 1. The minimum Gasteiger partial charge on any atom is -0.464 e. The first kappa shape index (κ1) is 9.88. The van der Waals surface area contributed by atoms with Crippen LogP contribution in [0.3, 0.4) is 0 Å². The van der Waals surface area contributed by atoms with Crippen molar-refractivity contribution in [1.29, 1.82) is 0 Å². The van der Waals surface area contributed by atoms with Crippen LogP contribution < -0.4 is 5.32 Å². The fourth-order valence-corrected chi connectivity index (χ4v) is 1.13. The first-order chi connectivity index (χ1) is 6.27. The highest BCUT2D eigenvalue weighted by Crippen LogP contribution is 2.15. The van der Waals surface area contributed by atoms with Gasteiger partial charge in [-0.2, -0.15) is 0 Å². The zero-order chi connectivity index (χ0) is 9.68. The first-order valence-electron chi connectivity index (χ1n) is 4.53. The van der Waals surface area contributed by atoms with Crippen LogP contribution in [0.2, 0.25) is 0 Å². The Bertz CT molecular complexity index is 295. The van der Waals surface area contributed by atoms with E-state index >= 15 is 0 Å². The van der Waals surface area contributed by atoms with Gasteiger partial charge in [0, 0.05) is 6.42 Å². The molecule has 13 heavy (non-hydrogen) atoms. The molecule has 0 saturated carbocycles. The smallest absolute Gasteiger partial charge is 0.120 e. The van der Waals surface area contributed by atoms with Gasteiger partial charge >= 0.3 is 0 Å². The Kier molecular flexibility index (Phi) is 3.60. The summed E-state index contributed by atoms with van der Waals surface area (Å²) in [4.78, 5) is 0. The summed E-state index contributed by atoms with van der Waals surface area (Å²) in [7, 11) is 0. The Hall–Kier alpha value is -1.20. The van der Waals surface area contributed by atoms with E-state index in [1.807, 2.05) is 19.1 Å². The highest BCUT2D eigenvalue weighted by Gasteiger charge is 2.07. The van der Waals surface area contributed by atoms with Crippen molar-refractivity contribution in [2.45, 2.75) is 26.3 Å². The second-order valence-electron chi connectivity index (χ2n) is 2.96. The monoisotopic (exact) mass is 177 g/mol. The number of furan rings is 1. The molecule has 1 unspecified atom stereocenters. The average Bonchev–Trinajstić information content (AvgIpc) is 2.62. The van der Waals surface area contributed by atoms with Crippen LogP contribution in [0.25, 0.3) is 0 Å². The third kappa shape index (κ3) is 2.64. The molecule has 0 fully saturated rings. The van der Waals surface area contributed by atoms with Crippen molar-refractivity contribution in [2.24, 2.45) is 0 Å². The van der Waals surface area contributed by atoms with Crippen LogP contribution in [0.5, 0.6) is 0 Å². The Morgan fingerprint density at radius 2 is 2.38 bits per heavy atom. The maximum atomic E-state index is 5.56. The van der Waals surface area contributed by atoms with Crippen LogP contribution in [-0.2, 0) is 6.42 Å². The molecule has 0 aromatic carbocycles. The largest absolute Gasteiger partial charge is 0.464 e. The minimum atomic E-state index is 0.191.